The Morgan fingerprint density at radius 2 is 1.71 bits per heavy atom. The van der Waals surface area contributed by atoms with Crippen molar-refractivity contribution in [3.63, 3.8) is 0 Å². The molecule has 0 unspecified atom stereocenters. The van der Waals surface area contributed by atoms with Crippen molar-refractivity contribution in [3.8, 4) is 0 Å². The number of hydrogen-bond donors (Lipinski definition) is 1. The standard InChI is InChI=1S/C28H31N3O3/c1-2-3-4-5-7-25-8-6-17-31(21-25)18-19-34-28(33)30-27-15-11-24(12-16-27)20-23-9-13-26(14-10-23)29-22-32/h6,8-17,21H,2-5,7,18-20H2,1H3/p+1. The maximum absolute atomic E-state index is 12.2. The van der Waals surface area contributed by atoms with Crippen molar-refractivity contribution in [2.45, 2.75) is 52.0 Å². The van der Waals surface area contributed by atoms with Crippen LogP contribution in [0.15, 0.2) is 78.0 Å². The number of aromatic nitrogens is 1. The molecule has 0 spiro atoms. The van der Waals surface area contributed by atoms with Gasteiger partial charge in [0.2, 0.25) is 6.08 Å². The van der Waals surface area contributed by atoms with Gasteiger partial charge in [0.05, 0.1) is 5.69 Å². The molecule has 1 aromatic heterocycles. The number of rotatable bonds is 12. The zero-order chi connectivity index (χ0) is 24.0. The van der Waals surface area contributed by atoms with Crippen molar-refractivity contribution in [2.24, 2.45) is 4.99 Å². The van der Waals surface area contributed by atoms with Crippen molar-refractivity contribution < 1.29 is 18.9 Å². The van der Waals surface area contributed by atoms with E-state index in [1.807, 2.05) is 48.7 Å². The summed E-state index contributed by atoms with van der Waals surface area (Å²) in [5, 5.41) is 2.77. The van der Waals surface area contributed by atoms with Gasteiger partial charge in [-0.05, 0) is 60.7 Å². The Balaban J connectivity index is 1.40. The number of aryl methyl sites for hydroxylation is 1. The largest absolute Gasteiger partial charge is 0.443 e. The van der Waals surface area contributed by atoms with Crippen molar-refractivity contribution >= 4 is 23.5 Å². The molecular formula is C28H32N3O3+. The summed E-state index contributed by atoms with van der Waals surface area (Å²) in [4.78, 5) is 26.1. The summed E-state index contributed by atoms with van der Waals surface area (Å²) in [6.07, 6.45) is 12.0. The third-order valence-corrected chi connectivity index (χ3v) is 5.54. The molecule has 0 aliphatic rings. The van der Waals surface area contributed by atoms with Gasteiger partial charge in [-0.25, -0.2) is 14.2 Å². The van der Waals surface area contributed by atoms with E-state index >= 15 is 0 Å². The Bertz CT molecular complexity index is 1090. The fourth-order valence-electron chi connectivity index (χ4n) is 3.70. The van der Waals surface area contributed by atoms with Crippen LogP contribution in [0.5, 0.6) is 0 Å². The first-order valence-corrected chi connectivity index (χ1v) is 11.8. The van der Waals surface area contributed by atoms with Gasteiger partial charge in [0.25, 0.3) is 0 Å². The third kappa shape index (κ3) is 8.64. The lowest BCUT2D eigenvalue weighted by atomic mass is 10.0. The quantitative estimate of drug-likeness (QED) is 0.159. The van der Waals surface area contributed by atoms with Crippen LogP contribution in [-0.2, 0) is 28.9 Å². The number of nitrogens with zero attached hydrogens (tertiary/aromatic N) is 2. The van der Waals surface area contributed by atoms with Crippen LogP contribution in [-0.4, -0.2) is 18.8 Å². The molecule has 0 aliphatic heterocycles. The molecule has 0 saturated carbocycles. The van der Waals surface area contributed by atoms with Gasteiger partial charge in [-0.3, -0.25) is 5.32 Å². The predicted octanol–water partition coefficient (Wildman–Crippen LogP) is 5.90. The minimum absolute atomic E-state index is 0.304. The van der Waals surface area contributed by atoms with E-state index in [0.29, 0.717) is 24.5 Å². The highest BCUT2D eigenvalue weighted by atomic mass is 16.5. The summed E-state index contributed by atoms with van der Waals surface area (Å²) < 4.78 is 7.42. The fourth-order valence-corrected chi connectivity index (χ4v) is 3.70. The number of ether oxygens (including phenoxy) is 1. The SMILES string of the molecule is CCCCCCc1ccc[n+](CCOC(=O)Nc2ccc(Cc3ccc(N=C=O)cc3)cc2)c1. The van der Waals surface area contributed by atoms with Crippen molar-refractivity contribution in [2.75, 3.05) is 11.9 Å². The molecule has 6 heteroatoms. The molecule has 6 nitrogen and oxygen atoms in total. The second-order valence-corrected chi connectivity index (χ2v) is 8.26. The molecule has 1 N–H and O–H groups in total. The molecular weight excluding hydrogens is 426 g/mol. The molecule has 0 aliphatic carbocycles. The number of nitrogens with one attached hydrogen (secondary N) is 1. The van der Waals surface area contributed by atoms with E-state index in [4.69, 9.17) is 4.74 Å². The van der Waals surface area contributed by atoms with E-state index in [9.17, 15) is 9.59 Å². The van der Waals surface area contributed by atoms with E-state index in [-0.39, 0.29) is 0 Å². The predicted molar refractivity (Wildman–Crippen MR) is 133 cm³/mol. The maximum Gasteiger partial charge on any atom is 0.411 e. The maximum atomic E-state index is 12.2. The van der Waals surface area contributed by atoms with Gasteiger partial charge in [-0.1, -0.05) is 50.5 Å². The molecule has 2 aromatic carbocycles. The highest BCUT2D eigenvalue weighted by molar-refractivity contribution is 5.84. The molecule has 3 rings (SSSR count). The van der Waals surface area contributed by atoms with Gasteiger partial charge in [-0.2, -0.15) is 4.99 Å². The Morgan fingerprint density at radius 3 is 2.41 bits per heavy atom. The van der Waals surface area contributed by atoms with Crippen LogP contribution in [0.2, 0.25) is 0 Å². The summed E-state index contributed by atoms with van der Waals surface area (Å²) in [6, 6.07) is 19.3. The van der Waals surface area contributed by atoms with Crippen LogP contribution in [0.3, 0.4) is 0 Å². The molecule has 0 bridgehead atoms. The van der Waals surface area contributed by atoms with Gasteiger partial charge in [0.1, 0.15) is 0 Å². The monoisotopic (exact) mass is 458 g/mol. The number of carbonyl (C=O) groups is 1. The lowest BCUT2D eigenvalue weighted by Crippen LogP contribution is -2.36. The second-order valence-electron chi connectivity index (χ2n) is 8.26. The second kappa shape index (κ2) is 13.7. The first-order valence-electron chi connectivity index (χ1n) is 11.8. The zero-order valence-corrected chi connectivity index (χ0v) is 19.7. The first-order chi connectivity index (χ1) is 16.7. The van der Waals surface area contributed by atoms with Crippen molar-refractivity contribution in [1.29, 1.82) is 0 Å². The topological polar surface area (TPSA) is 71.6 Å². The average Bonchev–Trinajstić information content (AvgIpc) is 2.85. The summed E-state index contributed by atoms with van der Waals surface area (Å²) in [5.74, 6) is 0. The number of hydrogen-bond acceptors (Lipinski definition) is 4. The Morgan fingerprint density at radius 1 is 0.971 bits per heavy atom. The molecule has 0 radical (unpaired) electrons. The van der Waals surface area contributed by atoms with Crippen LogP contribution >= 0.6 is 0 Å². The van der Waals surface area contributed by atoms with E-state index in [2.05, 4.69) is 34.1 Å². The van der Waals surface area contributed by atoms with Gasteiger partial charge in [-0.15, -0.1) is 0 Å². The highest BCUT2D eigenvalue weighted by Crippen LogP contribution is 2.17. The van der Waals surface area contributed by atoms with E-state index in [0.717, 1.165) is 24.0 Å². The lowest BCUT2D eigenvalue weighted by Gasteiger charge is -2.08. The number of pyridine rings is 1. The number of carbonyl (C=O) groups excluding carboxylic acids is 2. The zero-order valence-electron chi connectivity index (χ0n) is 19.7. The van der Waals surface area contributed by atoms with Crippen molar-refractivity contribution in [3.05, 3.63) is 89.7 Å². The Labute approximate surface area is 201 Å². The van der Waals surface area contributed by atoms with Crippen LogP contribution in [0.1, 0.15) is 49.3 Å². The minimum Gasteiger partial charge on any atom is -0.443 e. The summed E-state index contributed by atoms with van der Waals surface area (Å²) in [7, 11) is 0. The van der Waals surface area contributed by atoms with E-state index < -0.39 is 6.09 Å². The minimum atomic E-state index is -0.463. The Hall–Kier alpha value is -3.76. The number of unbranched alkanes of at least 4 members (excludes halogenated alkanes) is 3. The molecule has 1 heterocycles. The van der Waals surface area contributed by atoms with Gasteiger partial charge in [0, 0.05) is 17.3 Å². The molecule has 176 valence electrons. The molecule has 0 fully saturated rings. The number of isocyanates is 1. The van der Waals surface area contributed by atoms with E-state index in [1.165, 1.54) is 37.3 Å². The summed E-state index contributed by atoms with van der Waals surface area (Å²) in [6.45, 7) is 3.14. The fraction of sp³-hybridized carbons (Fsp3) is 0.321. The lowest BCUT2D eigenvalue weighted by molar-refractivity contribution is -0.698. The third-order valence-electron chi connectivity index (χ3n) is 5.54. The van der Waals surface area contributed by atoms with Crippen LogP contribution < -0.4 is 9.88 Å². The molecule has 0 saturated heterocycles. The molecule has 3 aromatic rings. The molecule has 34 heavy (non-hydrogen) atoms. The summed E-state index contributed by atoms with van der Waals surface area (Å²) >= 11 is 0. The van der Waals surface area contributed by atoms with Crippen molar-refractivity contribution in [1.82, 2.24) is 0 Å². The van der Waals surface area contributed by atoms with Gasteiger partial charge >= 0.3 is 6.09 Å². The first kappa shape index (κ1) is 24.9. The normalized spacial score (nSPS) is 10.4. The Kier molecular flexibility index (Phi) is 10.0. The molecule has 1 amide bonds. The number of anilines is 1. The number of aliphatic imine (C=N–C) groups is 1. The van der Waals surface area contributed by atoms with Gasteiger partial charge in [0.15, 0.2) is 25.5 Å². The smallest absolute Gasteiger partial charge is 0.411 e. The number of benzene rings is 2. The van der Waals surface area contributed by atoms with Crippen LogP contribution in [0.4, 0.5) is 16.2 Å². The number of amides is 1. The van der Waals surface area contributed by atoms with Gasteiger partial charge < -0.3 is 4.74 Å². The average molecular weight is 459 g/mol. The van der Waals surface area contributed by atoms with Crippen LogP contribution in [0.25, 0.3) is 0 Å². The molecule has 0 atom stereocenters. The van der Waals surface area contributed by atoms with Crippen LogP contribution in [0, 0.1) is 0 Å². The highest BCUT2D eigenvalue weighted by Gasteiger charge is 2.07. The van der Waals surface area contributed by atoms with E-state index in [1.54, 1.807) is 12.1 Å². The summed E-state index contributed by atoms with van der Waals surface area (Å²) in [5.41, 5.74) is 4.80.